The van der Waals surface area contributed by atoms with E-state index in [-0.39, 0.29) is 28.9 Å². The number of alkyl halides is 3. The van der Waals surface area contributed by atoms with Gasteiger partial charge < -0.3 is 19.1 Å². The van der Waals surface area contributed by atoms with Crippen LogP contribution in [-0.2, 0) is 20.5 Å². The van der Waals surface area contributed by atoms with E-state index in [0.717, 1.165) is 18.2 Å². The Morgan fingerprint density at radius 1 is 1.24 bits per heavy atom. The summed E-state index contributed by atoms with van der Waals surface area (Å²) in [5, 5.41) is -0.227. The molecular formula is C19H15ClF3NO5. The highest BCUT2D eigenvalue weighted by molar-refractivity contribution is 6.32. The summed E-state index contributed by atoms with van der Waals surface area (Å²) in [6.07, 6.45) is -5.99. The average Bonchev–Trinajstić information content (AvgIpc) is 2.65. The van der Waals surface area contributed by atoms with Crippen molar-refractivity contribution in [3.63, 3.8) is 0 Å². The van der Waals surface area contributed by atoms with Gasteiger partial charge in [0, 0.05) is 13.1 Å². The molecule has 0 radical (unpaired) electrons. The van der Waals surface area contributed by atoms with E-state index in [0.29, 0.717) is 5.69 Å². The number of fused-ring (bicyclic) bond motifs is 1. The topological polar surface area (TPSA) is 65.1 Å². The minimum atomic E-state index is -4.53. The predicted molar refractivity (Wildman–Crippen MR) is 97.4 cm³/mol. The molecule has 0 saturated heterocycles. The SMILES string of the molecule is CCOC(=O)C1Oc2cc(Oc3ccc(C(F)(F)F)cc3Cl)ccc2N(C)C1=O. The van der Waals surface area contributed by atoms with Crippen molar-refractivity contribution in [2.24, 2.45) is 0 Å². The minimum absolute atomic E-state index is 0.00167. The molecular weight excluding hydrogens is 415 g/mol. The highest BCUT2D eigenvalue weighted by atomic mass is 35.5. The first-order chi connectivity index (χ1) is 13.6. The van der Waals surface area contributed by atoms with Gasteiger partial charge in [0.15, 0.2) is 0 Å². The Labute approximate surface area is 168 Å². The number of hydrogen-bond donors (Lipinski definition) is 0. The van der Waals surface area contributed by atoms with Gasteiger partial charge in [-0.1, -0.05) is 11.6 Å². The molecule has 0 saturated carbocycles. The fraction of sp³-hybridized carbons (Fsp3) is 0.263. The normalized spacial score (nSPS) is 16.1. The quantitative estimate of drug-likeness (QED) is 0.531. The number of amides is 1. The van der Waals surface area contributed by atoms with E-state index in [1.165, 1.54) is 30.1 Å². The van der Waals surface area contributed by atoms with Gasteiger partial charge in [-0.15, -0.1) is 0 Å². The minimum Gasteiger partial charge on any atom is -0.466 e. The van der Waals surface area contributed by atoms with Gasteiger partial charge in [-0.05, 0) is 37.3 Å². The van der Waals surface area contributed by atoms with E-state index >= 15 is 0 Å². The maximum Gasteiger partial charge on any atom is 0.416 e. The number of anilines is 1. The van der Waals surface area contributed by atoms with Crippen molar-refractivity contribution in [1.82, 2.24) is 0 Å². The lowest BCUT2D eigenvalue weighted by atomic mass is 10.1. The zero-order valence-corrected chi connectivity index (χ0v) is 16.0. The molecule has 1 aliphatic rings. The first kappa shape index (κ1) is 20.8. The van der Waals surface area contributed by atoms with Crippen LogP contribution in [0, 0.1) is 0 Å². The number of carbonyl (C=O) groups excluding carboxylic acids is 2. The maximum absolute atomic E-state index is 12.8. The van der Waals surface area contributed by atoms with Crippen LogP contribution in [-0.4, -0.2) is 31.6 Å². The molecule has 0 aliphatic carbocycles. The zero-order valence-electron chi connectivity index (χ0n) is 15.2. The van der Waals surface area contributed by atoms with Crippen LogP contribution in [0.2, 0.25) is 5.02 Å². The van der Waals surface area contributed by atoms with E-state index in [9.17, 15) is 22.8 Å². The zero-order chi connectivity index (χ0) is 21.3. The molecule has 6 nitrogen and oxygen atoms in total. The van der Waals surface area contributed by atoms with E-state index in [2.05, 4.69) is 0 Å². The molecule has 2 aromatic carbocycles. The summed E-state index contributed by atoms with van der Waals surface area (Å²) in [7, 11) is 1.48. The number of hydrogen-bond acceptors (Lipinski definition) is 5. The first-order valence-electron chi connectivity index (χ1n) is 8.41. The van der Waals surface area contributed by atoms with Gasteiger partial charge >= 0.3 is 12.1 Å². The molecule has 1 atom stereocenters. The van der Waals surface area contributed by atoms with Crippen molar-refractivity contribution in [3.8, 4) is 17.2 Å². The fourth-order valence-corrected chi connectivity index (χ4v) is 2.87. The van der Waals surface area contributed by atoms with Crippen molar-refractivity contribution in [2.45, 2.75) is 19.2 Å². The summed E-state index contributed by atoms with van der Waals surface area (Å²) in [6.45, 7) is 1.68. The van der Waals surface area contributed by atoms with Crippen molar-refractivity contribution in [1.29, 1.82) is 0 Å². The molecule has 3 rings (SSSR count). The van der Waals surface area contributed by atoms with Gasteiger partial charge in [-0.25, -0.2) is 4.79 Å². The monoisotopic (exact) mass is 429 g/mol. The van der Waals surface area contributed by atoms with Gasteiger partial charge in [-0.3, -0.25) is 4.79 Å². The lowest BCUT2D eigenvalue weighted by Gasteiger charge is -2.30. The van der Waals surface area contributed by atoms with E-state index in [1.54, 1.807) is 6.92 Å². The number of ether oxygens (including phenoxy) is 3. The van der Waals surface area contributed by atoms with Crippen LogP contribution in [0.5, 0.6) is 17.2 Å². The summed E-state index contributed by atoms with van der Waals surface area (Å²) in [5.41, 5.74) is -0.512. The third-order valence-corrected chi connectivity index (χ3v) is 4.38. The standard InChI is InChI=1S/C19H15ClF3NO5/c1-3-27-18(26)16-17(25)24(2)13-6-5-11(9-15(13)29-16)28-14-7-4-10(8-12(14)20)19(21,22)23/h4-9,16H,3H2,1-2H3. The Balaban J connectivity index is 1.87. The Morgan fingerprint density at radius 3 is 2.59 bits per heavy atom. The number of halogens is 4. The van der Waals surface area contributed by atoms with E-state index < -0.39 is 29.7 Å². The summed E-state index contributed by atoms with van der Waals surface area (Å²) in [5.74, 6) is -1.05. The second-order valence-electron chi connectivity index (χ2n) is 6.02. The van der Waals surface area contributed by atoms with Gasteiger partial charge in [0.25, 0.3) is 12.0 Å². The van der Waals surface area contributed by atoms with Crippen molar-refractivity contribution in [2.75, 3.05) is 18.6 Å². The Bertz CT molecular complexity index is 963. The second-order valence-corrected chi connectivity index (χ2v) is 6.43. The van der Waals surface area contributed by atoms with Crippen LogP contribution in [0.4, 0.5) is 18.9 Å². The van der Waals surface area contributed by atoms with Crippen LogP contribution in [0.15, 0.2) is 36.4 Å². The molecule has 0 fully saturated rings. The Hall–Kier alpha value is -2.94. The molecule has 154 valence electrons. The molecule has 29 heavy (non-hydrogen) atoms. The van der Waals surface area contributed by atoms with Gasteiger partial charge in [-0.2, -0.15) is 13.2 Å². The van der Waals surface area contributed by atoms with Crippen molar-refractivity contribution < 1.29 is 37.0 Å². The first-order valence-corrected chi connectivity index (χ1v) is 8.79. The number of nitrogens with zero attached hydrogens (tertiary/aromatic N) is 1. The van der Waals surface area contributed by atoms with Crippen molar-refractivity contribution in [3.05, 3.63) is 47.0 Å². The summed E-state index contributed by atoms with van der Waals surface area (Å²) >= 11 is 5.90. The van der Waals surface area contributed by atoms with E-state index in [1.807, 2.05) is 0 Å². The smallest absolute Gasteiger partial charge is 0.416 e. The number of likely N-dealkylation sites (N-methyl/N-ethyl adjacent to an activating group) is 1. The highest BCUT2D eigenvalue weighted by Crippen LogP contribution is 2.40. The Kier molecular flexibility index (Phi) is 5.61. The molecule has 0 spiro atoms. The van der Waals surface area contributed by atoms with Crippen LogP contribution >= 0.6 is 11.6 Å². The molecule has 0 aromatic heterocycles. The van der Waals surface area contributed by atoms with Crippen LogP contribution in [0.25, 0.3) is 0 Å². The number of esters is 1. The van der Waals surface area contributed by atoms with Gasteiger partial charge in [0.2, 0.25) is 0 Å². The molecule has 0 bridgehead atoms. The van der Waals surface area contributed by atoms with Crippen molar-refractivity contribution >= 4 is 29.2 Å². The Morgan fingerprint density at radius 2 is 1.97 bits per heavy atom. The molecule has 1 unspecified atom stereocenters. The summed E-state index contributed by atoms with van der Waals surface area (Å²) in [6, 6.07) is 7.11. The molecule has 10 heteroatoms. The number of benzene rings is 2. The second kappa shape index (κ2) is 7.82. The van der Waals surface area contributed by atoms with Gasteiger partial charge in [0.1, 0.15) is 17.2 Å². The molecule has 1 aliphatic heterocycles. The highest BCUT2D eigenvalue weighted by Gasteiger charge is 2.39. The molecule has 2 aromatic rings. The summed E-state index contributed by atoms with van der Waals surface area (Å²) < 4.78 is 54.1. The van der Waals surface area contributed by atoms with Crippen LogP contribution < -0.4 is 14.4 Å². The third kappa shape index (κ3) is 4.24. The third-order valence-electron chi connectivity index (χ3n) is 4.08. The fourth-order valence-electron chi connectivity index (χ4n) is 2.66. The van der Waals surface area contributed by atoms with Gasteiger partial charge in [0.05, 0.1) is 22.9 Å². The van der Waals surface area contributed by atoms with Crippen LogP contribution in [0.1, 0.15) is 12.5 Å². The maximum atomic E-state index is 12.8. The lowest BCUT2D eigenvalue weighted by molar-refractivity contribution is -0.156. The molecule has 1 heterocycles. The van der Waals surface area contributed by atoms with E-state index in [4.69, 9.17) is 25.8 Å². The largest absolute Gasteiger partial charge is 0.466 e. The number of rotatable bonds is 4. The number of carbonyl (C=O) groups is 2. The molecule has 1 amide bonds. The predicted octanol–water partition coefficient (Wildman–Crippen LogP) is 4.44. The average molecular weight is 430 g/mol. The van der Waals surface area contributed by atoms with Crippen LogP contribution in [0.3, 0.4) is 0 Å². The summed E-state index contributed by atoms with van der Waals surface area (Å²) in [4.78, 5) is 25.5. The lowest BCUT2D eigenvalue weighted by Crippen LogP contribution is -2.48. The molecule has 0 N–H and O–H groups in total.